The largest absolute Gasteiger partial charge is 0.310 e. The SMILES string of the molecule is Cc1ccc(N(c2cccc(-n3c4ccc(-c5ccccc5)cc4c4cc(-c5ccccc5)ccc43)c2)c2ccc3c(c2)C(c2ccccc2)(c2ccccc2)c2cc(N(c4cccc(-n5c6ccc(-c7ccccc7)cc6c6cc(-c7ccccc7)ccc65)c4)c4ccc(C)cc4C)c4ccccc4c2-3)c(C)c1. The highest BCUT2D eigenvalue weighted by molar-refractivity contribution is 6.15. The topological polar surface area (TPSA) is 16.3 Å². The number of nitrogens with zero attached hydrogens (tertiary/aromatic N) is 4. The Bertz CT molecular complexity index is 6520. The van der Waals surface area contributed by atoms with E-state index < -0.39 is 5.41 Å². The smallest absolute Gasteiger partial charge is 0.0715 e. The van der Waals surface area contributed by atoms with Crippen LogP contribution in [-0.2, 0) is 5.41 Å². The number of aromatic nitrogens is 2. The van der Waals surface area contributed by atoms with Crippen LogP contribution in [0.5, 0.6) is 0 Å². The van der Waals surface area contributed by atoms with Gasteiger partial charge in [0.25, 0.3) is 0 Å². The van der Waals surface area contributed by atoms with Gasteiger partial charge >= 0.3 is 0 Å². The second-order valence-electron chi connectivity index (χ2n) is 29.4. The Morgan fingerprint density at radius 3 is 1.01 bits per heavy atom. The van der Waals surface area contributed by atoms with E-state index >= 15 is 0 Å². The molecule has 2 aromatic heterocycles. The molecule has 0 saturated heterocycles. The average Bonchev–Trinajstić information content (AvgIpc) is 1.53. The zero-order chi connectivity index (χ0) is 72.8. The monoisotopic (exact) mass is 1390 g/mol. The molecule has 516 valence electrons. The molecule has 109 heavy (non-hydrogen) atoms. The molecule has 2 heterocycles. The standard InChI is InChI=1S/C105H76N4/c1-69-45-53-97(71(3)59-69)106(83-39-25-41-85(65-83)108-99-55-47-77(73-27-11-5-12-28-73)61-91(99)92-62-78(48-56-100(92)108)74-29-13-6-14-30-74)87-51-52-90-95(67-87)105(81-35-19-9-20-36-81,82-37-21-10-22-38-82)96-68-103(88-43-23-24-44-89(88)104(90)96)107(98-54-46-70(2)60-72(98)4)84-40-26-42-86(66-84)109-101-57-49-79(75-31-15-7-16-32-75)63-93(101)94-64-80(50-58-102(94)109)76-33-17-8-18-34-76/h5-68H,1-4H3. The highest BCUT2D eigenvalue weighted by atomic mass is 15.2. The first-order valence-corrected chi connectivity index (χ1v) is 37.9. The summed E-state index contributed by atoms with van der Waals surface area (Å²) in [5.74, 6) is 0. The van der Waals surface area contributed by atoms with Crippen LogP contribution in [0.3, 0.4) is 0 Å². The molecule has 0 spiro atoms. The molecular formula is C105H76N4. The number of aryl methyl sites for hydroxylation is 4. The fourth-order valence-electron chi connectivity index (χ4n) is 18.0. The van der Waals surface area contributed by atoms with Gasteiger partial charge in [-0.1, -0.05) is 284 Å². The van der Waals surface area contributed by atoms with E-state index in [9.17, 15) is 0 Å². The second kappa shape index (κ2) is 26.4. The van der Waals surface area contributed by atoms with Crippen molar-refractivity contribution in [1.29, 1.82) is 0 Å². The van der Waals surface area contributed by atoms with E-state index in [2.05, 4.69) is 435 Å². The van der Waals surface area contributed by atoms with Crippen molar-refractivity contribution >= 4 is 88.5 Å². The van der Waals surface area contributed by atoms with Gasteiger partial charge in [0.2, 0.25) is 0 Å². The third-order valence-corrected chi connectivity index (χ3v) is 22.9. The van der Waals surface area contributed by atoms with Gasteiger partial charge in [-0.15, -0.1) is 0 Å². The minimum atomic E-state index is -0.825. The highest BCUT2D eigenvalue weighted by Crippen LogP contribution is 2.61. The molecule has 0 bridgehead atoms. The van der Waals surface area contributed by atoms with E-state index in [1.165, 1.54) is 127 Å². The van der Waals surface area contributed by atoms with Crippen LogP contribution in [0.1, 0.15) is 44.5 Å². The molecule has 0 saturated carbocycles. The number of rotatable bonds is 14. The molecule has 0 radical (unpaired) electrons. The van der Waals surface area contributed by atoms with Crippen LogP contribution < -0.4 is 9.80 Å². The fourth-order valence-corrected chi connectivity index (χ4v) is 18.0. The first kappa shape index (κ1) is 64.8. The molecule has 0 N–H and O–H groups in total. The molecule has 0 fully saturated rings. The molecule has 19 aromatic rings. The van der Waals surface area contributed by atoms with Gasteiger partial charge in [-0.3, -0.25) is 0 Å². The summed E-state index contributed by atoms with van der Waals surface area (Å²) in [7, 11) is 0. The van der Waals surface area contributed by atoms with Gasteiger partial charge in [0.05, 0.1) is 33.2 Å². The van der Waals surface area contributed by atoms with Crippen molar-refractivity contribution in [1.82, 2.24) is 9.13 Å². The third kappa shape index (κ3) is 10.8. The van der Waals surface area contributed by atoms with E-state index in [4.69, 9.17) is 0 Å². The summed E-state index contributed by atoms with van der Waals surface area (Å²) in [4.78, 5) is 5.07. The Morgan fingerprint density at radius 2 is 0.596 bits per heavy atom. The lowest BCUT2D eigenvalue weighted by Gasteiger charge is -2.36. The first-order chi connectivity index (χ1) is 53.7. The van der Waals surface area contributed by atoms with Crippen LogP contribution in [0.15, 0.2) is 388 Å². The predicted molar refractivity (Wildman–Crippen MR) is 460 cm³/mol. The zero-order valence-corrected chi connectivity index (χ0v) is 61.2. The Balaban J connectivity index is 0.798. The van der Waals surface area contributed by atoms with Crippen molar-refractivity contribution in [3.63, 3.8) is 0 Å². The number of anilines is 6. The lowest BCUT2D eigenvalue weighted by molar-refractivity contribution is 0.769. The Labute approximate surface area is 636 Å². The van der Waals surface area contributed by atoms with Gasteiger partial charge in [-0.05, 0) is 237 Å². The van der Waals surface area contributed by atoms with E-state index in [-0.39, 0.29) is 0 Å². The van der Waals surface area contributed by atoms with E-state index in [1.807, 2.05) is 0 Å². The molecule has 0 unspecified atom stereocenters. The van der Waals surface area contributed by atoms with Gasteiger partial charge < -0.3 is 18.9 Å². The van der Waals surface area contributed by atoms with Gasteiger partial charge in [0.1, 0.15) is 0 Å². The molecule has 17 aromatic carbocycles. The van der Waals surface area contributed by atoms with Crippen molar-refractivity contribution in [3.8, 4) is 67.0 Å². The summed E-state index contributed by atoms with van der Waals surface area (Å²) in [6, 6.07) is 145. The van der Waals surface area contributed by atoms with Crippen molar-refractivity contribution < 1.29 is 0 Å². The van der Waals surface area contributed by atoms with Crippen LogP contribution >= 0.6 is 0 Å². The Hall–Kier alpha value is -13.8. The van der Waals surface area contributed by atoms with Crippen molar-refractivity contribution in [2.24, 2.45) is 0 Å². The maximum Gasteiger partial charge on any atom is 0.0715 e. The van der Waals surface area contributed by atoms with Crippen LogP contribution in [0.25, 0.3) is 121 Å². The minimum absolute atomic E-state index is 0.825. The minimum Gasteiger partial charge on any atom is -0.310 e. The average molecular weight is 1390 g/mol. The molecular weight excluding hydrogens is 1320 g/mol. The number of hydrogen-bond donors (Lipinski definition) is 0. The summed E-state index contributed by atoms with van der Waals surface area (Å²) in [6.45, 7) is 8.93. The molecule has 4 nitrogen and oxygen atoms in total. The van der Waals surface area contributed by atoms with E-state index in [0.717, 1.165) is 73.0 Å². The van der Waals surface area contributed by atoms with Gasteiger partial charge in [-0.25, -0.2) is 0 Å². The number of hydrogen-bond acceptors (Lipinski definition) is 2. The van der Waals surface area contributed by atoms with Gasteiger partial charge in [0.15, 0.2) is 0 Å². The Kier molecular flexibility index (Phi) is 15.7. The molecule has 0 aliphatic heterocycles. The number of benzene rings is 17. The molecule has 0 amide bonds. The zero-order valence-electron chi connectivity index (χ0n) is 61.2. The summed E-state index contributed by atoms with van der Waals surface area (Å²) in [5.41, 5.74) is 34.0. The van der Waals surface area contributed by atoms with Crippen molar-refractivity contribution in [2.75, 3.05) is 9.80 Å². The lowest BCUT2D eigenvalue weighted by Crippen LogP contribution is -2.29. The normalized spacial score (nSPS) is 12.3. The molecule has 0 atom stereocenters. The second-order valence-corrected chi connectivity index (χ2v) is 29.4. The first-order valence-electron chi connectivity index (χ1n) is 37.9. The van der Waals surface area contributed by atoms with Crippen LogP contribution in [-0.4, -0.2) is 9.13 Å². The van der Waals surface area contributed by atoms with Crippen molar-refractivity contribution in [3.05, 3.63) is 433 Å². The van der Waals surface area contributed by atoms with Crippen LogP contribution in [0.4, 0.5) is 34.1 Å². The van der Waals surface area contributed by atoms with Crippen molar-refractivity contribution in [2.45, 2.75) is 33.1 Å². The van der Waals surface area contributed by atoms with E-state index in [1.54, 1.807) is 0 Å². The summed E-state index contributed by atoms with van der Waals surface area (Å²) < 4.78 is 4.95. The van der Waals surface area contributed by atoms with Crippen LogP contribution in [0, 0.1) is 27.7 Å². The van der Waals surface area contributed by atoms with Crippen LogP contribution in [0.2, 0.25) is 0 Å². The summed E-state index contributed by atoms with van der Waals surface area (Å²) >= 11 is 0. The Morgan fingerprint density at radius 1 is 0.229 bits per heavy atom. The predicted octanol–water partition coefficient (Wildman–Crippen LogP) is 28.2. The third-order valence-electron chi connectivity index (χ3n) is 22.9. The molecule has 4 heteroatoms. The summed E-state index contributed by atoms with van der Waals surface area (Å²) in [6.07, 6.45) is 0. The molecule has 1 aliphatic rings. The quantitative estimate of drug-likeness (QED) is 0.108. The highest BCUT2D eigenvalue weighted by Gasteiger charge is 2.48. The van der Waals surface area contributed by atoms with Gasteiger partial charge in [-0.2, -0.15) is 0 Å². The maximum atomic E-state index is 2.57. The molecule has 20 rings (SSSR count). The van der Waals surface area contributed by atoms with E-state index in [0.29, 0.717) is 0 Å². The lowest BCUT2D eigenvalue weighted by atomic mass is 9.67. The van der Waals surface area contributed by atoms with Gasteiger partial charge in [0, 0.05) is 66.7 Å². The summed E-state index contributed by atoms with van der Waals surface area (Å²) in [5, 5.41) is 7.17. The number of fused-ring (bicyclic) bond motifs is 11. The fraction of sp³-hybridized carbons (Fsp3) is 0.0476. The maximum absolute atomic E-state index is 2.57. The molecule has 1 aliphatic carbocycles.